The molecule has 0 radical (unpaired) electrons. The van der Waals surface area contributed by atoms with E-state index in [4.69, 9.17) is 0 Å². The van der Waals surface area contributed by atoms with E-state index in [-0.39, 0.29) is 5.91 Å². The molecule has 0 aliphatic carbocycles. The van der Waals surface area contributed by atoms with Crippen LogP contribution in [0.15, 0.2) is 12.2 Å². The number of hydrogen-bond donors (Lipinski definition) is 1. The molecule has 0 saturated heterocycles. The Morgan fingerprint density at radius 2 is 2.00 bits per heavy atom. The Kier molecular flexibility index (Phi) is 13.9. The van der Waals surface area contributed by atoms with Crippen molar-refractivity contribution in [1.82, 2.24) is 5.32 Å². The van der Waals surface area contributed by atoms with E-state index >= 15 is 0 Å². The molecular formula is C9H19NO. The second-order valence-corrected chi connectivity index (χ2v) is 1.73. The molecule has 0 spiro atoms. The molecule has 0 aromatic carbocycles. The molecule has 1 amide bonds. The molecule has 1 N–H and O–H groups in total. The van der Waals surface area contributed by atoms with Crippen LogP contribution in [0.3, 0.4) is 0 Å². The smallest absolute Gasteiger partial charge is 0.219 e. The molecule has 0 unspecified atom stereocenters. The molecule has 0 aromatic rings. The summed E-state index contributed by atoms with van der Waals surface area (Å²) in [6, 6.07) is 0. The molecule has 2 nitrogen and oxygen atoms in total. The van der Waals surface area contributed by atoms with Crippen molar-refractivity contribution in [1.29, 1.82) is 0 Å². The van der Waals surface area contributed by atoms with Crippen LogP contribution in [-0.2, 0) is 4.79 Å². The van der Waals surface area contributed by atoms with Crippen LogP contribution in [0.5, 0.6) is 0 Å². The number of rotatable bonds is 3. The van der Waals surface area contributed by atoms with Crippen molar-refractivity contribution < 1.29 is 4.79 Å². The number of carbonyl (C=O) groups is 1. The lowest BCUT2D eigenvalue weighted by Crippen LogP contribution is -2.21. The van der Waals surface area contributed by atoms with E-state index in [0.717, 1.165) is 0 Å². The molecule has 0 aliphatic rings. The third-order valence-corrected chi connectivity index (χ3v) is 0.974. The fourth-order valence-corrected chi connectivity index (χ4v) is 0.416. The highest BCUT2D eigenvalue weighted by molar-refractivity contribution is 5.75. The Labute approximate surface area is 69.7 Å². The van der Waals surface area contributed by atoms with Gasteiger partial charge in [0.1, 0.15) is 0 Å². The van der Waals surface area contributed by atoms with Crippen molar-refractivity contribution in [3.05, 3.63) is 12.2 Å². The van der Waals surface area contributed by atoms with Gasteiger partial charge in [-0.25, -0.2) is 0 Å². The van der Waals surface area contributed by atoms with Gasteiger partial charge in [0.2, 0.25) is 5.91 Å². The lowest BCUT2D eigenvalue weighted by molar-refractivity contribution is -0.120. The van der Waals surface area contributed by atoms with Crippen LogP contribution < -0.4 is 5.32 Å². The summed E-state index contributed by atoms with van der Waals surface area (Å²) in [5.41, 5.74) is 0. The van der Waals surface area contributed by atoms with Crippen LogP contribution in [0.2, 0.25) is 0 Å². The summed E-state index contributed by atoms with van der Waals surface area (Å²) in [5.74, 6) is 0.105. The summed E-state index contributed by atoms with van der Waals surface area (Å²) in [6.07, 6.45) is 4.39. The SMILES string of the molecule is C/C=C/CNC(=O)CC.CC. The van der Waals surface area contributed by atoms with Crippen molar-refractivity contribution in [2.24, 2.45) is 0 Å². The summed E-state index contributed by atoms with van der Waals surface area (Å²) in [7, 11) is 0. The summed E-state index contributed by atoms with van der Waals surface area (Å²) >= 11 is 0. The molecule has 0 saturated carbocycles. The first-order valence-corrected chi connectivity index (χ1v) is 4.19. The van der Waals surface area contributed by atoms with E-state index in [0.29, 0.717) is 13.0 Å². The first kappa shape index (κ1) is 12.8. The van der Waals surface area contributed by atoms with Crippen LogP contribution >= 0.6 is 0 Å². The third kappa shape index (κ3) is 12.4. The van der Waals surface area contributed by atoms with Crippen molar-refractivity contribution in [3.8, 4) is 0 Å². The number of hydrogen-bond acceptors (Lipinski definition) is 1. The van der Waals surface area contributed by atoms with E-state index in [2.05, 4.69) is 5.32 Å². The summed E-state index contributed by atoms with van der Waals surface area (Å²) in [5, 5.41) is 2.71. The molecule has 0 aliphatic heterocycles. The maximum Gasteiger partial charge on any atom is 0.219 e. The minimum atomic E-state index is 0.105. The second-order valence-electron chi connectivity index (χ2n) is 1.73. The van der Waals surface area contributed by atoms with E-state index < -0.39 is 0 Å². The van der Waals surface area contributed by atoms with Crippen LogP contribution in [0, 0.1) is 0 Å². The van der Waals surface area contributed by atoms with Gasteiger partial charge in [-0.15, -0.1) is 0 Å². The molecule has 0 rings (SSSR count). The largest absolute Gasteiger partial charge is 0.353 e. The second kappa shape index (κ2) is 11.9. The van der Waals surface area contributed by atoms with Gasteiger partial charge in [-0.1, -0.05) is 32.9 Å². The molecule has 0 bridgehead atoms. The van der Waals surface area contributed by atoms with Gasteiger partial charge in [0.05, 0.1) is 0 Å². The highest BCUT2D eigenvalue weighted by Crippen LogP contribution is 1.74. The molecule has 11 heavy (non-hydrogen) atoms. The fraction of sp³-hybridized carbons (Fsp3) is 0.667. The Hall–Kier alpha value is -0.790. The fourth-order valence-electron chi connectivity index (χ4n) is 0.416. The minimum Gasteiger partial charge on any atom is -0.353 e. The summed E-state index contributed by atoms with van der Waals surface area (Å²) < 4.78 is 0. The number of carbonyl (C=O) groups excluding carboxylic acids is 1. The predicted octanol–water partition coefficient (Wildman–Crippen LogP) is 2.11. The molecular weight excluding hydrogens is 138 g/mol. The Bertz CT molecular complexity index is 108. The van der Waals surface area contributed by atoms with E-state index in [9.17, 15) is 4.79 Å². The molecule has 66 valence electrons. The van der Waals surface area contributed by atoms with Gasteiger partial charge in [0.15, 0.2) is 0 Å². The topological polar surface area (TPSA) is 29.1 Å². The zero-order valence-corrected chi connectivity index (χ0v) is 7.98. The van der Waals surface area contributed by atoms with Crippen molar-refractivity contribution in [2.75, 3.05) is 6.54 Å². The maximum absolute atomic E-state index is 10.5. The number of allylic oxidation sites excluding steroid dienone is 1. The molecule has 0 fully saturated rings. The van der Waals surface area contributed by atoms with Gasteiger partial charge in [0.25, 0.3) is 0 Å². The van der Waals surface area contributed by atoms with Gasteiger partial charge < -0.3 is 5.32 Å². The number of nitrogens with one attached hydrogen (secondary N) is 1. The zero-order chi connectivity index (χ0) is 9.11. The standard InChI is InChI=1S/C7H13NO.C2H6/c1-3-5-6-8-7(9)4-2;1-2/h3,5H,4,6H2,1-2H3,(H,8,9);1-2H3/b5-3+;. The Morgan fingerprint density at radius 1 is 1.45 bits per heavy atom. The maximum atomic E-state index is 10.5. The van der Waals surface area contributed by atoms with Crippen molar-refractivity contribution in [2.45, 2.75) is 34.1 Å². The normalized spacial score (nSPS) is 8.73. The average Bonchev–Trinajstić information content (AvgIpc) is 2.08. The third-order valence-electron chi connectivity index (χ3n) is 0.974. The van der Waals surface area contributed by atoms with Gasteiger partial charge in [0, 0.05) is 13.0 Å². The van der Waals surface area contributed by atoms with Crippen molar-refractivity contribution in [3.63, 3.8) is 0 Å². The Morgan fingerprint density at radius 3 is 2.36 bits per heavy atom. The summed E-state index contributed by atoms with van der Waals surface area (Å²) in [4.78, 5) is 10.5. The molecule has 0 atom stereocenters. The van der Waals surface area contributed by atoms with E-state index in [1.165, 1.54) is 0 Å². The van der Waals surface area contributed by atoms with Crippen LogP contribution in [0.4, 0.5) is 0 Å². The molecule has 0 heterocycles. The minimum absolute atomic E-state index is 0.105. The average molecular weight is 157 g/mol. The first-order valence-electron chi connectivity index (χ1n) is 4.19. The number of amides is 1. The van der Waals surface area contributed by atoms with Gasteiger partial charge in [-0.05, 0) is 6.92 Å². The van der Waals surface area contributed by atoms with Gasteiger partial charge in [-0.2, -0.15) is 0 Å². The van der Waals surface area contributed by atoms with Gasteiger partial charge >= 0.3 is 0 Å². The van der Waals surface area contributed by atoms with Crippen molar-refractivity contribution >= 4 is 5.91 Å². The Balaban J connectivity index is 0. The molecule has 2 heteroatoms. The highest BCUT2D eigenvalue weighted by Gasteiger charge is 1.89. The van der Waals surface area contributed by atoms with E-state index in [1.54, 1.807) is 0 Å². The molecule has 0 aromatic heterocycles. The quantitative estimate of drug-likeness (QED) is 0.625. The van der Waals surface area contributed by atoms with Crippen LogP contribution in [0.1, 0.15) is 34.1 Å². The zero-order valence-electron chi connectivity index (χ0n) is 7.98. The lowest BCUT2D eigenvalue weighted by Gasteiger charge is -1.95. The predicted molar refractivity (Wildman–Crippen MR) is 49.5 cm³/mol. The van der Waals surface area contributed by atoms with Crippen LogP contribution in [-0.4, -0.2) is 12.5 Å². The first-order chi connectivity index (χ1) is 5.31. The summed E-state index contributed by atoms with van der Waals surface area (Å²) in [6.45, 7) is 8.42. The monoisotopic (exact) mass is 157 g/mol. The van der Waals surface area contributed by atoms with Gasteiger partial charge in [-0.3, -0.25) is 4.79 Å². The lowest BCUT2D eigenvalue weighted by atomic mass is 10.4. The van der Waals surface area contributed by atoms with Crippen LogP contribution in [0.25, 0.3) is 0 Å². The highest BCUT2D eigenvalue weighted by atomic mass is 16.1. The van der Waals surface area contributed by atoms with E-state index in [1.807, 2.05) is 39.8 Å².